The predicted octanol–water partition coefficient (Wildman–Crippen LogP) is 2.53. The molecule has 1 unspecified atom stereocenters. The first-order valence-electron chi connectivity index (χ1n) is 9.08. The third-order valence-corrected chi connectivity index (χ3v) is 5.86. The van der Waals surface area contributed by atoms with Crippen molar-refractivity contribution in [2.24, 2.45) is 11.1 Å². The Balaban J connectivity index is 1.42. The van der Waals surface area contributed by atoms with Crippen LogP contribution in [0.15, 0.2) is 22.9 Å². The van der Waals surface area contributed by atoms with Crippen LogP contribution in [0.2, 0.25) is 0 Å². The van der Waals surface area contributed by atoms with E-state index in [4.69, 9.17) is 4.84 Å². The van der Waals surface area contributed by atoms with E-state index in [1.807, 2.05) is 16.3 Å². The van der Waals surface area contributed by atoms with Gasteiger partial charge in [0.1, 0.15) is 12.1 Å². The van der Waals surface area contributed by atoms with Gasteiger partial charge in [0.15, 0.2) is 0 Å². The fraction of sp³-hybridized carbons (Fsp3) is 0.556. The average molecular weight is 373 g/mol. The number of fused-ring (bicyclic) bond motifs is 1. The maximum absolute atomic E-state index is 12.8. The molecular formula is C18H23N5O2S. The summed E-state index contributed by atoms with van der Waals surface area (Å²) in [6.07, 6.45) is 2.68. The molecule has 2 aliphatic heterocycles. The van der Waals surface area contributed by atoms with Gasteiger partial charge in [0, 0.05) is 32.6 Å². The molecule has 1 atom stereocenters. The maximum Gasteiger partial charge on any atom is 0.266 e. The Kier molecular flexibility index (Phi) is 4.76. The number of hydrogen-bond donors (Lipinski definition) is 0. The molecule has 138 valence electrons. The molecule has 0 N–H and O–H groups in total. The minimum Gasteiger partial charge on any atom is -0.382 e. The molecule has 0 bridgehead atoms. The summed E-state index contributed by atoms with van der Waals surface area (Å²) in [6, 6.07) is 2.02. The Bertz CT molecular complexity index is 834. The summed E-state index contributed by atoms with van der Waals surface area (Å²) >= 11 is 1.66. The molecule has 4 rings (SSSR count). The molecule has 2 aromatic rings. The lowest BCUT2D eigenvalue weighted by Gasteiger charge is -2.24. The second-order valence-corrected chi connectivity index (χ2v) is 7.95. The summed E-state index contributed by atoms with van der Waals surface area (Å²) in [5.41, 5.74) is 1.95. The summed E-state index contributed by atoms with van der Waals surface area (Å²) in [6.45, 7) is 7.21. The van der Waals surface area contributed by atoms with Crippen LogP contribution in [0.4, 0.5) is 5.82 Å². The Morgan fingerprint density at radius 2 is 2.15 bits per heavy atom. The van der Waals surface area contributed by atoms with Gasteiger partial charge in [0.25, 0.3) is 5.91 Å². The lowest BCUT2D eigenvalue weighted by Crippen LogP contribution is -2.41. The van der Waals surface area contributed by atoms with Crippen molar-refractivity contribution in [3.05, 3.63) is 17.8 Å². The largest absolute Gasteiger partial charge is 0.382 e. The van der Waals surface area contributed by atoms with E-state index in [2.05, 4.69) is 33.9 Å². The number of oxime groups is 1. The van der Waals surface area contributed by atoms with E-state index in [0.717, 1.165) is 47.8 Å². The molecule has 4 heterocycles. The van der Waals surface area contributed by atoms with Crippen molar-refractivity contribution in [2.45, 2.75) is 32.8 Å². The maximum atomic E-state index is 12.8. The highest BCUT2D eigenvalue weighted by molar-refractivity contribution is 7.17. The van der Waals surface area contributed by atoms with Crippen molar-refractivity contribution in [3.63, 3.8) is 0 Å². The molecule has 0 aromatic carbocycles. The number of aromatic nitrogens is 2. The Morgan fingerprint density at radius 1 is 1.27 bits per heavy atom. The van der Waals surface area contributed by atoms with E-state index in [1.54, 1.807) is 17.7 Å². The van der Waals surface area contributed by atoms with Gasteiger partial charge in [0.05, 0.1) is 15.9 Å². The van der Waals surface area contributed by atoms with Crippen LogP contribution in [0.3, 0.4) is 0 Å². The molecule has 0 spiro atoms. The smallest absolute Gasteiger partial charge is 0.266 e. The van der Waals surface area contributed by atoms with Gasteiger partial charge in [0.2, 0.25) is 6.10 Å². The number of carbonyl (C=O) groups is 1. The lowest BCUT2D eigenvalue weighted by molar-refractivity contribution is -0.141. The molecule has 1 fully saturated rings. The van der Waals surface area contributed by atoms with Gasteiger partial charge < -0.3 is 14.6 Å². The van der Waals surface area contributed by atoms with Crippen LogP contribution < -0.4 is 4.90 Å². The second kappa shape index (κ2) is 7.19. The molecule has 0 aliphatic carbocycles. The summed E-state index contributed by atoms with van der Waals surface area (Å²) in [5, 5.41) is 6.13. The third-order valence-electron chi connectivity index (χ3n) is 4.97. The van der Waals surface area contributed by atoms with Crippen LogP contribution in [0.1, 0.15) is 26.7 Å². The molecule has 2 aliphatic rings. The minimum absolute atomic E-state index is 0.0511. The summed E-state index contributed by atoms with van der Waals surface area (Å²) in [7, 11) is 0. The van der Waals surface area contributed by atoms with Crippen LogP contribution in [-0.4, -0.2) is 58.8 Å². The standard InChI is InChI=1S/C18H23N5O2S/c1-12(2)14-10-15(25-21-14)18(24)23-6-3-5-22(7-8-23)17-16-13(4-9-26-16)19-11-20-17/h4,9,11-12,15H,3,5-8,10H2,1-2H3. The predicted molar refractivity (Wildman–Crippen MR) is 103 cm³/mol. The van der Waals surface area contributed by atoms with Crippen LogP contribution in [0, 0.1) is 5.92 Å². The summed E-state index contributed by atoms with van der Waals surface area (Å²) < 4.78 is 1.11. The average Bonchev–Trinajstić information content (AvgIpc) is 3.25. The number of thiophene rings is 1. The van der Waals surface area contributed by atoms with Crippen molar-refractivity contribution in [2.75, 3.05) is 31.1 Å². The Labute approximate surface area is 156 Å². The highest BCUT2D eigenvalue weighted by atomic mass is 32.1. The molecule has 1 amide bonds. The van der Waals surface area contributed by atoms with Crippen molar-refractivity contribution in [3.8, 4) is 0 Å². The number of anilines is 1. The zero-order valence-electron chi connectivity index (χ0n) is 15.1. The molecule has 7 nitrogen and oxygen atoms in total. The van der Waals surface area contributed by atoms with Gasteiger partial charge in [-0.25, -0.2) is 9.97 Å². The molecule has 2 aromatic heterocycles. The monoisotopic (exact) mass is 373 g/mol. The van der Waals surface area contributed by atoms with E-state index in [0.29, 0.717) is 18.9 Å². The zero-order chi connectivity index (χ0) is 18.1. The SMILES string of the molecule is CC(C)C1=NOC(C(=O)N2CCCN(c3ncnc4ccsc34)CC2)C1. The topological polar surface area (TPSA) is 70.9 Å². The number of hydrogen-bond acceptors (Lipinski definition) is 7. The van der Waals surface area contributed by atoms with Crippen LogP contribution in [0.5, 0.6) is 0 Å². The normalized spacial score (nSPS) is 21.0. The van der Waals surface area contributed by atoms with E-state index >= 15 is 0 Å². The van der Waals surface area contributed by atoms with Gasteiger partial charge in [-0.2, -0.15) is 0 Å². The number of amides is 1. The molecule has 0 saturated carbocycles. The van der Waals surface area contributed by atoms with Gasteiger partial charge in [-0.1, -0.05) is 19.0 Å². The van der Waals surface area contributed by atoms with Crippen LogP contribution in [0.25, 0.3) is 10.2 Å². The molecular weight excluding hydrogens is 350 g/mol. The molecule has 0 radical (unpaired) electrons. The van der Waals surface area contributed by atoms with Crippen molar-refractivity contribution >= 4 is 39.0 Å². The van der Waals surface area contributed by atoms with E-state index < -0.39 is 6.10 Å². The lowest BCUT2D eigenvalue weighted by atomic mass is 10.0. The Morgan fingerprint density at radius 3 is 2.96 bits per heavy atom. The minimum atomic E-state index is -0.456. The third kappa shape index (κ3) is 3.25. The Hall–Kier alpha value is -2.22. The molecule has 8 heteroatoms. The van der Waals surface area contributed by atoms with Crippen LogP contribution >= 0.6 is 11.3 Å². The van der Waals surface area contributed by atoms with Gasteiger partial charge in [-0.05, 0) is 23.8 Å². The first-order chi connectivity index (χ1) is 12.6. The fourth-order valence-electron chi connectivity index (χ4n) is 3.42. The highest BCUT2D eigenvalue weighted by Gasteiger charge is 2.33. The molecule has 26 heavy (non-hydrogen) atoms. The van der Waals surface area contributed by atoms with E-state index in [9.17, 15) is 4.79 Å². The van der Waals surface area contributed by atoms with E-state index in [-0.39, 0.29) is 5.91 Å². The molecule has 1 saturated heterocycles. The number of rotatable bonds is 3. The van der Waals surface area contributed by atoms with Gasteiger partial charge in [-0.15, -0.1) is 11.3 Å². The van der Waals surface area contributed by atoms with Crippen LogP contribution in [-0.2, 0) is 9.63 Å². The summed E-state index contributed by atoms with van der Waals surface area (Å²) in [5.74, 6) is 1.34. The van der Waals surface area contributed by atoms with Crippen molar-refractivity contribution < 1.29 is 9.63 Å². The fourth-order valence-corrected chi connectivity index (χ4v) is 4.29. The van der Waals surface area contributed by atoms with Crippen molar-refractivity contribution in [1.29, 1.82) is 0 Å². The van der Waals surface area contributed by atoms with Gasteiger partial charge in [-0.3, -0.25) is 4.79 Å². The number of carbonyl (C=O) groups excluding carboxylic acids is 1. The summed E-state index contributed by atoms with van der Waals surface area (Å²) in [4.78, 5) is 31.2. The first-order valence-corrected chi connectivity index (χ1v) is 9.96. The van der Waals surface area contributed by atoms with Crippen molar-refractivity contribution in [1.82, 2.24) is 14.9 Å². The zero-order valence-corrected chi connectivity index (χ0v) is 15.9. The first kappa shape index (κ1) is 17.2. The van der Waals surface area contributed by atoms with E-state index in [1.165, 1.54) is 0 Å². The quantitative estimate of drug-likeness (QED) is 0.827. The second-order valence-electron chi connectivity index (χ2n) is 7.03. The van der Waals surface area contributed by atoms with Gasteiger partial charge >= 0.3 is 0 Å². The number of nitrogens with zero attached hydrogens (tertiary/aromatic N) is 5. The highest BCUT2D eigenvalue weighted by Crippen LogP contribution is 2.28.